The van der Waals surface area contributed by atoms with E-state index in [9.17, 15) is 0 Å². The Hall–Kier alpha value is -1.01. The fourth-order valence-electron chi connectivity index (χ4n) is 1.27. The van der Waals surface area contributed by atoms with Crippen LogP contribution in [0.1, 0.15) is 32.5 Å². The molecule has 0 saturated heterocycles. The van der Waals surface area contributed by atoms with Crippen LogP contribution in [0.25, 0.3) is 0 Å². The molecule has 16 heavy (non-hydrogen) atoms. The molecule has 0 radical (unpaired) electrons. The predicted octanol–water partition coefficient (Wildman–Crippen LogP) is 0.505. The number of hydrogen-bond donors (Lipinski definition) is 1. The van der Waals surface area contributed by atoms with E-state index in [0.717, 1.165) is 31.8 Å². The number of aromatic nitrogens is 4. The van der Waals surface area contributed by atoms with Crippen molar-refractivity contribution in [2.24, 2.45) is 7.05 Å². The lowest BCUT2D eigenvalue weighted by molar-refractivity contribution is 0.0760. The number of aryl methyl sites for hydroxylation is 1. The number of tetrazole rings is 1. The smallest absolute Gasteiger partial charge is 0.188 e. The van der Waals surface area contributed by atoms with Crippen molar-refractivity contribution in [1.82, 2.24) is 25.5 Å². The molecular weight excluding hydrogens is 206 g/mol. The zero-order valence-corrected chi connectivity index (χ0v) is 10.3. The second-order valence-electron chi connectivity index (χ2n) is 4.00. The van der Waals surface area contributed by atoms with Crippen molar-refractivity contribution in [2.45, 2.75) is 39.3 Å². The highest BCUT2D eigenvalue weighted by atomic mass is 16.5. The van der Waals surface area contributed by atoms with Crippen LogP contribution >= 0.6 is 0 Å². The molecule has 92 valence electrons. The summed E-state index contributed by atoms with van der Waals surface area (Å²) in [6.07, 6.45) is 2.52. The van der Waals surface area contributed by atoms with Crippen LogP contribution in [0.15, 0.2) is 0 Å². The number of ether oxygens (including phenoxy) is 1. The van der Waals surface area contributed by atoms with E-state index < -0.39 is 0 Å². The summed E-state index contributed by atoms with van der Waals surface area (Å²) in [7, 11) is 1.76. The van der Waals surface area contributed by atoms with Gasteiger partial charge in [0, 0.05) is 6.61 Å². The van der Waals surface area contributed by atoms with Crippen LogP contribution in [-0.4, -0.2) is 39.5 Å². The van der Waals surface area contributed by atoms with Crippen molar-refractivity contribution in [2.75, 3.05) is 13.2 Å². The third kappa shape index (κ3) is 5.77. The first-order chi connectivity index (χ1) is 7.68. The number of nitrogens with zero attached hydrogens (tertiary/aromatic N) is 4. The molecule has 0 aromatic carbocycles. The quantitative estimate of drug-likeness (QED) is 0.655. The minimum atomic E-state index is 0.330. The van der Waals surface area contributed by atoms with E-state index in [0.29, 0.717) is 12.6 Å². The molecule has 0 fully saturated rings. The molecular formula is C10H21N5O. The van der Waals surface area contributed by atoms with E-state index in [-0.39, 0.29) is 0 Å². The molecule has 6 nitrogen and oxygen atoms in total. The first kappa shape index (κ1) is 13.1. The molecule has 1 aromatic rings. The normalized spacial score (nSPS) is 11.2. The summed E-state index contributed by atoms with van der Waals surface area (Å²) in [6, 6.07) is 0. The largest absolute Gasteiger partial charge is 0.379 e. The summed E-state index contributed by atoms with van der Waals surface area (Å²) in [5, 5.41) is 15.0. The number of unbranched alkanes of at least 4 members (excludes halogenated alkanes) is 1. The van der Waals surface area contributed by atoms with E-state index in [1.54, 1.807) is 7.05 Å². The maximum atomic E-state index is 5.44. The van der Waals surface area contributed by atoms with Crippen molar-refractivity contribution in [3.8, 4) is 0 Å². The molecule has 0 amide bonds. The standard InChI is InChI=1S/C10H21N5O/c1-9(2)16-7-5-4-6-11-8-10-12-14-15(3)13-10/h9,11H,4-8H2,1-3H3. The van der Waals surface area contributed by atoms with Gasteiger partial charge in [0.25, 0.3) is 0 Å². The van der Waals surface area contributed by atoms with Crippen LogP contribution in [0.4, 0.5) is 0 Å². The topological polar surface area (TPSA) is 64.9 Å². The minimum Gasteiger partial charge on any atom is -0.379 e. The Morgan fingerprint density at radius 3 is 2.81 bits per heavy atom. The van der Waals surface area contributed by atoms with E-state index >= 15 is 0 Å². The van der Waals surface area contributed by atoms with Gasteiger partial charge in [-0.1, -0.05) is 0 Å². The van der Waals surface area contributed by atoms with Gasteiger partial charge in [-0.3, -0.25) is 0 Å². The fraction of sp³-hybridized carbons (Fsp3) is 0.900. The number of hydrogen-bond acceptors (Lipinski definition) is 5. The lowest BCUT2D eigenvalue weighted by Gasteiger charge is -2.06. The maximum Gasteiger partial charge on any atom is 0.188 e. The van der Waals surface area contributed by atoms with Crippen LogP contribution in [0, 0.1) is 0 Å². The fourth-order valence-corrected chi connectivity index (χ4v) is 1.27. The predicted molar refractivity (Wildman–Crippen MR) is 60.8 cm³/mol. The summed E-state index contributed by atoms with van der Waals surface area (Å²) in [5.74, 6) is 0.737. The Morgan fingerprint density at radius 1 is 1.38 bits per heavy atom. The summed E-state index contributed by atoms with van der Waals surface area (Å²) < 4.78 is 5.44. The second-order valence-corrected chi connectivity index (χ2v) is 4.00. The van der Waals surface area contributed by atoms with Crippen LogP contribution in [-0.2, 0) is 18.3 Å². The Labute approximate surface area is 96.4 Å². The van der Waals surface area contributed by atoms with Gasteiger partial charge >= 0.3 is 0 Å². The zero-order chi connectivity index (χ0) is 11.8. The van der Waals surface area contributed by atoms with Crippen LogP contribution in [0.5, 0.6) is 0 Å². The monoisotopic (exact) mass is 227 g/mol. The summed E-state index contributed by atoms with van der Waals surface area (Å²) >= 11 is 0. The van der Waals surface area contributed by atoms with Gasteiger partial charge in [-0.15, -0.1) is 10.2 Å². The van der Waals surface area contributed by atoms with Crippen molar-refractivity contribution in [3.05, 3.63) is 5.82 Å². The Bertz CT molecular complexity index is 286. The SMILES string of the molecule is CC(C)OCCCCNCc1nnn(C)n1. The molecule has 1 rings (SSSR count). The maximum absolute atomic E-state index is 5.44. The molecule has 0 saturated carbocycles. The van der Waals surface area contributed by atoms with E-state index in [4.69, 9.17) is 4.74 Å². The number of rotatable bonds is 8. The average Bonchev–Trinajstić information content (AvgIpc) is 2.62. The second kappa shape index (κ2) is 7.29. The first-order valence-corrected chi connectivity index (χ1v) is 5.73. The summed E-state index contributed by atoms with van der Waals surface area (Å²) in [6.45, 7) is 6.58. The summed E-state index contributed by atoms with van der Waals surface area (Å²) in [5.41, 5.74) is 0. The van der Waals surface area contributed by atoms with Gasteiger partial charge in [-0.25, -0.2) is 0 Å². The minimum absolute atomic E-state index is 0.330. The average molecular weight is 227 g/mol. The molecule has 0 aliphatic carbocycles. The highest BCUT2D eigenvalue weighted by Crippen LogP contribution is 1.93. The lowest BCUT2D eigenvalue weighted by Crippen LogP contribution is -2.16. The van der Waals surface area contributed by atoms with Gasteiger partial charge in [0.15, 0.2) is 5.82 Å². The van der Waals surface area contributed by atoms with Gasteiger partial charge in [0.05, 0.1) is 19.7 Å². The molecule has 0 aliphatic heterocycles. The van der Waals surface area contributed by atoms with E-state index in [1.165, 1.54) is 4.80 Å². The summed E-state index contributed by atoms with van der Waals surface area (Å²) in [4.78, 5) is 1.47. The molecule has 0 unspecified atom stereocenters. The molecule has 0 spiro atoms. The number of nitrogens with one attached hydrogen (secondary N) is 1. The zero-order valence-electron chi connectivity index (χ0n) is 10.3. The van der Waals surface area contributed by atoms with Crippen molar-refractivity contribution in [1.29, 1.82) is 0 Å². The molecule has 1 N–H and O–H groups in total. The van der Waals surface area contributed by atoms with Crippen molar-refractivity contribution < 1.29 is 4.74 Å². The Kier molecular flexibility index (Phi) is 5.95. The third-order valence-corrected chi connectivity index (χ3v) is 2.03. The highest BCUT2D eigenvalue weighted by Gasteiger charge is 1.98. The molecule has 0 bridgehead atoms. The molecule has 1 heterocycles. The Balaban J connectivity index is 1.92. The highest BCUT2D eigenvalue weighted by molar-refractivity contribution is 4.74. The van der Waals surface area contributed by atoms with Crippen LogP contribution in [0.3, 0.4) is 0 Å². The first-order valence-electron chi connectivity index (χ1n) is 5.73. The molecule has 0 atom stereocenters. The van der Waals surface area contributed by atoms with Gasteiger partial charge < -0.3 is 10.1 Å². The van der Waals surface area contributed by atoms with Gasteiger partial charge in [-0.05, 0) is 38.4 Å². The Morgan fingerprint density at radius 2 is 2.19 bits per heavy atom. The van der Waals surface area contributed by atoms with Crippen molar-refractivity contribution >= 4 is 0 Å². The molecule has 0 aliphatic rings. The third-order valence-electron chi connectivity index (χ3n) is 2.03. The van der Waals surface area contributed by atoms with E-state index in [1.807, 2.05) is 0 Å². The van der Waals surface area contributed by atoms with Crippen LogP contribution < -0.4 is 5.32 Å². The van der Waals surface area contributed by atoms with Crippen molar-refractivity contribution in [3.63, 3.8) is 0 Å². The van der Waals surface area contributed by atoms with Gasteiger partial charge in [0.2, 0.25) is 0 Å². The van der Waals surface area contributed by atoms with Crippen LogP contribution in [0.2, 0.25) is 0 Å². The lowest BCUT2D eigenvalue weighted by atomic mass is 10.3. The van der Waals surface area contributed by atoms with Gasteiger partial charge in [0.1, 0.15) is 0 Å². The van der Waals surface area contributed by atoms with E-state index in [2.05, 4.69) is 34.6 Å². The molecule has 1 aromatic heterocycles. The molecule has 6 heteroatoms. The van der Waals surface area contributed by atoms with Gasteiger partial charge in [-0.2, -0.15) is 4.80 Å².